The van der Waals surface area contributed by atoms with Crippen molar-refractivity contribution < 1.29 is 9.53 Å². The van der Waals surface area contributed by atoms with Crippen LogP contribution in [-0.2, 0) is 24.1 Å². The summed E-state index contributed by atoms with van der Waals surface area (Å²) in [6.45, 7) is 4.13. The van der Waals surface area contributed by atoms with E-state index in [-0.39, 0.29) is 12.0 Å². The summed E-state index contributed by atoms with van der Waals surface area (Å²) in [4.78, 5) is 15.2. The highest BCUT2D eigenvalue weighted by molar-refractivity contribution is 5.96. The molecule has 0 spiro atoms. The summed E-state index contributed by atoms with van der Waals surface area (Å²) >= 11 is 0. The fraction of sp³-hybridized carbons (Fsp3) is 0.435. The Kier molecular flexibility index (Phi) is 5.85. The maximum Gasteiger partial charge on any atom is 0.251 e. The van der Waals surface area contributed by atoms with E-state index < -0.39 is 0 Å². The molecular formula is C23H28N2O2. The monoisotopic (exact) mass is 364 g/mol. The van der Waals surface area contributed by atoms with Gasteiger partial charge in [-0.15, -0.1) is 0 Å². The second-order valence-electron chi connectivity index (χ2n) is 7.57. The maximum absolute atomic E-state index is 12.7. The first-order chi connectivity index (χ1) is 13.3. The molecule has 4 heteroatoms. The van der Waals surface area contributed by atoms with Crippen molar-refractivity contribution in [2.75, 3.05) is 26.2 Å². The molecule has 1 fully saturated rings. The second kappa shape index (κ2) is 8.68. The molecule has 4 nitrogen and oxygen atoms in total. The minimum absolute atomic E-state index is 0.0382. The Morgan fingerprint density at radius 2 is 1.96 bits per heavy atom. The maximum atomic E-state index is 12.7. The number of nitrogens with zero attached hydrogens (tertiary/aromatic N) is 1. The van der Waals surface area contributed by atoms with Gasteiger partial charge in [0.2, 0.25) is 0 Å². The van der Waals surface area contributed by atoms with Crippen LogP contribution in [0, 0.1) is 0 Å². The Morgan fingerprint density at radius 1 is 1.07 bits per heavy atom. The van der Waals surface area contributed by atoms with Gasteiger partial charge in [0, 0.05) is 38.3 Å². The Morgan fingerprint density at radius 3 is 2.85 bits per heavy atom. The van der Waals surface area contributed by atoms with Gasteiger partial charge in [-0.3, -0.25) is 9.69 Å². The van der Waals surface area contributed by atoms with Crippen LogP contribution in [-0.4, -0.2) is 43.2 Å². The predicted octanol–water partition coefficient (Wildman–Crippen LogP) is 3.20. The number of aryl methyl sites for hydroxylation is 1. The molecule has 1 aliphatic carbocycles. The number of carbonyl (C=O) groups excluding carboxylic acids is 1. The van der Waals surface area contributed by atoms with Crippen LogP contribution in [0.5, 0.6) is 0 Å². The Labute approximate surface area is 161 Å². The second-order valence-corrected chi connectivity index (χ2v) is 7.57. The van der Waals surface area contributed by atoms with E-state index in [2.05, 4.69) is 40.5 Å². The smallest absolute Gasteiger partial charge is 0.251 e. The van der Waals surface area contributed by atoms with Crippen LogP contribution in [0.1, 0.15) is 39.9 Å². The molecule has 142 valence electrons. The summed E-state index contributed by atoms with van der Waals surface area (Å²) in [7, 11) is 0. The van der Waals surface area contributed by atoms with Gasteiger partial charge < -0.3 is 10.1 Å². The van der Waals surface area contributed by atoms with Crippen LogP contribution in [0.25, 0.3) is 0 Å². The molecule has 27 heavy (non-hydrogen) atoms. The van der Waals surface area contributed by atoms with E-state index in [1.54, 1.807) is 0 Å². The fourth-order valence-electron chi connectivity index (χ4n) is 4.21. The first-order valence-electron chi connectivity index (χ1n) is 10.1. The van der Waals surface area contributed by atoms with Crippen LogP contribution >= 0.6 is 0 Å². The van der Waals surface area contributed by atoms with E-state index in [9.17, 15) is 4.79 Å². The largest absolute Gasteiger partial charge is 0.375 e. The van der Waals surface area contributed by atoms with Crippen molar-refractivity contribution in [3.8, 4) is 0 Å². The van der Waals surface area contributed by atoms with Gasteiger partial charge in [-0.2, -0.15) is 0 Å². The molecular weight excluding hydrogens is 336 g/mol. The average molecular weight is 364 g/mol. The average Bonchev–Trinajstić information content (AvgIpc) is 3.07. The van der Waals surface area contributed by atoms with E-state index in [1.165, 1.54) is 16.7 Å². The SMILES string of the molecule is O=C(NCC1CN(Cc2ccccc2)CCCO1)c1cccc2c1CCC2. The minimum Gasteiger partial charge on any atom is -0.375 e. The molecule has 2 aliphatic rings. The lowest BCUT2D eigenvalue weighted by Crippen LogP contribution is -2.40. The van der Waals surface area contributed by atoms with Gasteiger partial charge in [0.25, 0.3) is 5.91 Å². The zero-order valence-corrected chi connectivity index (χ0v) is 15.8. The van der Waals surface area contributed by atoms with Crippen molar-refractivity contribution in [1.29, 1.82) is 0 Å². The van der Waals surface area contributed by atoms with E-state index in [4.69, 9.17) is 4.74 Å². The summed E-state index contributed by atoms with van der Waals surface area (Å²) in [5, 5.41) is 3.12. The molecule has 0 saturated carbocycles. The molecule has 2 aromatic carbocycles. The highest BCUT2D eigenvalue weighted by Crippen LogP contribution is 2.25. The van der Waals surface area contributed by atoms with Crippen molar-refractivity contribution in [2.45, 2.75) is 38.3 Å². The van der Waals surface area contributed by atoms with Crippen molar-refractivity contribution in [2.24, 2.45) is 0 Å². The third-order valence-electron chi connectivity index (χ3n) is 5.56. The molecule has 0 bridgehead atoms. The van der Waals surface area contributed by atoms with Gasteiger partial charge in [-0.25, -0.2) is 0 Å². The number of benzene rings is 2. The molecule has 1 aliphatic heterocycles. The van der Waals surface area contributed by atoms with Crippen molar-refractivity contribution in [3.05, 3.63) is 70.8 Å². The lowest BCUT2D eigenvalue weighted by Gasteiger charge is -2.24. The number of fused-ring (bicyclic) bond motifs is 1. The number of hydrogen-bond acceptors (Lipinski definition) is 3. The molecule has 4 rings (SSSR count). The Bertz CT molecular complexity index is 775. The van der Waals surface area contributed by atoms with Gasteiger partial charge >= 0.3 is 0 Å². The third kappa shape index (κ3) is 4.57. The highest BCUT2D eigenvalue weighted by atomic mass is 16.5. The molecule has 0 radical (unpaired) electrons. The van der Waals surface area contributed by atoms with Gasteiger partial charge in [0.1, 0.15) is 0 Å². The Balaban J connectivity index is 1.34. The molecule has 1 N–H and O–H groups in total. The van der Waals surface area contributed by atoms with Crippen LogP contribution in [0.2, 0.25) is 0 Å². The molecule has 2 aromatic rings. The van der Waals surface area contributed by atoms with E-state index >= 15 is 0 Å². The number of ether oxygens (including phenoxy) is 1. The molecule has 1 amide bonds. The number of nitrogens with one attached hydrogen (secondary N) is 1. The highest BCUT2D eigenvalue weighted by Gasteiger charge is 2.22. The van der Waals surface area contributed by atoms with Crippen molar-refractivity contribution >= 4 is 5.91 Å². The van der Waals surface area contributed by atoms with Crippen LogP contribution in [0.3, 0.4) is 0 Å². The molecule has 1 atom stereocenters. The summed E-state index contributed by atoms with van der Waals surface area (Å²) in [5.74, 6) is 0.0382. The third-order valence-corrected chi connectivity index (χ3v) is 5.56. The number of hydrogen-bond donors (Lipinski definition) is 1. The van der Waals surface area contributed by atoms with Crippen LogP contribution in [0.15, 0.2) is 48.5 Å². The fourth-order valence-corrected chi connectivity index (χ4v) is 4.21. The molecule has 0 aromatic heterocycles. The normalized spacial score (nSPS) is 20.1. The first-order valence-corrected chi connectivity index (χ1v) is 10.1. The Hall–Kier alpha value is -2.17. The quantitative estimate of drug-likeness (QED) is 0.886. The van der Waals surface area contributed by atoms with Gasteiger partial charge in [-0.05, 0) is 48.4 Å². The van der Waals surface area contributed by atoms with E-state index in [0.717, 1.165) is 57.5 Å². The van der Waals surface area contributed by atoms with Gasteiger partial charge in [0.05, 0.1) is 6.10 Å². The molecule has 1 heterocycles. The standard InChI is InChI=1S/C23H28N2O2/c26-23(22-12-5-10-19-9-4-11-21(19)22)24-15-20-17-25(13-6-14-27-20)16-18-7-2-1-3-8-18/h1-3,5,7-8,10,12,20H,4,6,9,11,13-17H2,(H,24,26). The van der Waals surface area contributed by atoms with Gasteiger partial charge in [0.15, 0.2) is 0 Å². The van der Waals surface area contributed by atoms with E-state index in [1.807, 2.05) is 18.2 Å². The van der Waals surface area contributed by atoms with Crippen molar-refractivity contribution in [1.82, 2.24) is 10.2 Å². The topological polar surface area (TPSA) is 41.6 Å². The predicted molar refractivity (Wildman–Crippen MR) is 107 cm³/mol. The number of amides is 1. The zero-order valence-electron chi connectivity index (χ0n) is 15.8. The summed E-state index contributed by atoms with van der Waals surface area (Å²) in [6.07, 6.45) is 4.33. The van der Waals surface area contributed by atoms with E-state index in [0.29, 0.717) is 6.54 Å². The number of rotatable bonds is 5. The summed E-state index contributed by atoms with van der Waals surface area (Å²) in [6, 6.07) is 16.6. The van der Waals surface area contributed by atoms with Crippen molar-refractivity contribution in [3.63, 3.8) is 0 Å². The van der Waals surface area contributed by atoms with Crippen LogP contribution < -0.4 is 5.32 Å². The summed E-state index contributed by atoms with van der Waals surface area (Å²) in [5.41, 5.74) is 4.74. The molecule has 1 saturated heterocycles. The zero-order chi connectivity index (χ0) is 18.5. The van der Waals surface area contributed by atoms with Crippen LogP contribution in [0.4, 0.5) is 0 Å². The van der Waals surface area contributed by atoms with Gasteiger partial charge in [-0.1, -0.05) is 42.5 Å². The first kappa shape index (κ1) is 18.2. The minimum atomic E-state index is 0.0382. The summed E-state index contributed by atoms with van der Waals surface area (Å²) < 4.78 is 5.99. The lowest BCUT2D eigenvalue weighted by molar-refractivity contribution is 0.0510. The lowest BCUT2D eigenvalue weighted by atomic mass is 10.0. The molecule has 1 unspecified atom stereocenters. The number of carbonyl (C=O) groups is 1.